The SMILES string of the molecule is Cc1nn(CC(C)C)c(Cl)c1/C=C/C(=O)N1CCC(C(=O)N(C)C)CC1. The molecule has 26 heavy (non-hydrogen) atoms. The number of piperidine rings is 1. The maximum atomic E-state index is 12.5. The van der Waals surface area contributed by atoms with Crippen LogP contribution in [0.5, 0.6) is 0 Å². The summed E-state index contributed by atoms with van der Waals surface area (Å²) >= 11 is 6.41. The first-order valence-corrected chi connectivity index (χ1v) is 9.49. The molecule has 0 aliphatic carbocycles. The van der Waals surface area contributed by atoms with Gasteiger partial charge < -0.3 is 9.80 Å². The van der Waals surface area contributed by atoms with E-state index in [1.807, 2.05) is 6.92 Å². The average Bonchev–Trinajstić information content (AvgIpc) is 2.85. The maximum absolute atomic E-state index is 12.5. The summed E-state index contributed by atoms with van der Waals surface area (Å²) in [6.07, 6.45) is 4.73. The fourth-order valence-corrected chi connectivity index (χ4v) is 3.50. The summed E-state index contributed by atoms with van der Waals surface area (Å²) in [5.74, 6) is 0.556. The van der Waals surface area contributed by atoms with Gasteiger partial charge in [-0.25, -0.2) is 0 Å². The highest BCUT2D eigenvalue weighted by atomic mass is 35.5. The Kier molecular flexibility index (Phi) is 6.87. The molecular weight excluding hydrogens is 352 g/mol. The number of aromatic nitrogens is 2. The zero-order chi connectivity index (χ0) is 19.4. The zero-order valence-corrected chi connectivity index (χ0v) is 17.1. The van der Waals surface area contributed by atoms with Crippen molar-refractivity contribution >= 4 is 29.5 Å². The number of carbonyl (C=O) groups excluding carboxylic acids is 2. The van der Waals surface area contributed by atoms with E-state index >= 15 is 0 Å². The number of likely N-dealkylation sites (tertiary alicyclic amines) is 1. The minimum atomic E-state index is -0.0483. The molecule has 2 amide bonds. The standard InChI is InChI=1S/C19H29ClN4O2/c1-13(2)12-24-18(20)16(14(3)21-24)6-7-17(25)23-10-8-15(9-11-23)19(26)22(4)5/h6-7,13,15H,8-12H2,1-5H3/b7-6+. The molecule has 2 heterocycles. The molecule has 1 aliphatic heterocycles. The molecule has 0 spiro atoms. The lowest BCUT2D eigenvalue weighted by molar-refractivity contribution is -0.137. The van der Waals surface area contributed by atoms with Crippen LogP contribution >= 0.6 is 11.6 Å². The van der Waals surface area contributed by atoms with Crippen molar-refractivity contribution in [3.05, 3.63) is 22.5 Å². The molecule has 0 atom stereocenters. The fraction of sp³-hybridized carbons (Fsp3) is 0.632. The van der Waals surface area contributed by atoms with Crippen LogP contribution in [-0.4, -0.2) is 58.6 Å². The number of halogens is 1. The molecule has 1 aliphatic rings. The zero-order valence-electron chi connectivity index (χ0n) is 16.3. The number of hydrogen-bond acceptors (Lipinski definition) is 3. The van der Waals surface area contributed by atoms with Crippen LogP contribution in [-0.2, 0) is 16.1 Å². The Labute approximate surface area is 160 Å². The van der Waals surface area contributed by atoms with Crippen molar-refractivity contribution in [2.24, 2.45) is 11.8 Å². The Bertz CT molecular complexity index is 686. The Morgan fingerprint density at radius 2 is 1.92 bits per heavy atom. The molecule has 0 bridgehead atoms. The number of nitrogens with zero attached hydrogens (tertiary/aromatic N) is 4. The van der Waals surface area contributed by atoms with Crippen molar-refractivity contribution in [1.29, 1.82) is 0 Å². The van der Waals surface area contributed by atoms with E-state index in [1.54, 1.807) is 40.7 Å². The summed E-state index contributed by atoms with van der Waals surface area (Å²) in [6, 6.07) is 0. The van der Waals surface area contributed by atoms with Gasteiger partial charge in [-0.15, -0.1) is 0 Å². The summed E-state index contributed by atoms with van der Waals surface area (Å²) in [4.78, 5) is 27.9. The Morgan fingerprint density at radius 3 is 2.46 bits per heavy atom. The van der Waals surface area contributed by atoms with Gasteiger partial charge in [-0.2, -0.15) is 5.10 Å². The second kappa shape index (κ2) is 8.71. The summed E-state index contributed by atoms with van der Waals surface area (Å²) in [7, 11) is 3.54. The Balaban J connectivity index is 1.98. The van der Waals surface area contributed by atoms with Gasteiger partial charge in [0, 0.05) is 51.3 Å². The van der Waals surface area contributed by atoms with Crippen LogP contribution in [0, 0.1) is 18.8 Å². The minimum absolute atomic E-state index is 0.0176. The van der Waals surface area contributed by atoms with E-state index < -0.39 is 0 Å². The predicted molar refractivity (Wildman–Crippen MR) is 104 cm³/mol. The maximum Gasteiger partial charge on any atom is 0.246 e. The van der Waals surface area contributed by atoms with Crippen LogP contribution < -0.4 is 0 Å². The van der Waals surface area contributed by atoms with Crippen LogP contribution in [0.4, 0.5) is 0 Å². The van der Waals surface area contributed by atoms with Crippen molar-refractivity contribution in [3.8, 4) is 0 Å². The van der Waals surface area contributed by atoms with Crippen molar-refractivity contribution in [3.63, 3.8) is 0 Å². The van der Waals surface area contributed by atoms with Gasteiger partial charge in [-0.1, -0.05) is 25.4 Å². The third-order valence-corrected chi connectivity index (χ3v) is 5.04. The molecule has 0 unspecified atom stereocenters. The molecule has 144 valence electrons. The van der Waals surface area contributed by atoms with Gasteiger partial charge in [0.2, 0.25) is 11.8 Å². The van der Waals surface area contributed by atoms with Gasteiger partial charge in [-0.05, 0) is 31.8 Å². The largest absolute Gasteiger partial charge is 0.349 e. The van der Waals surface area contributed by atoms with Gasteiger partial charge in [0.15, 0.2) is 0 Å². The molecule has 1 aromatic rings. The lowest BCUT2D eigenvalue weighted by atomic mass is 9.95. The van der Waals surface area contributed by atoms with Gasteiger partial charge >= 0.3 is 0 Å². The lowest BCUT2D eigenvalue weighted by Crippen LogP contribution is -2.42. The molecular formula is C19H29ClN4O2. The van der Waals surface area contributed by atoms with E-state index in [9.17, 15) is 9.59 Å². The predicted octanol–water partition coefficient (Wildman–Crippen LogP) is 2.84. The van der Waals surface area contributed by atoms with Crippen molar-refractivity contribution in [2.75, 3.05) is 27.2 Å². The van der Waals surface area contributed by atoms with Crippen LogP contribution in [0.25, 0.3) is 6.08 Å². The highest BCUT2D eigenvalue weighted by Crippen LogP contribution is 2.23. The average molecular weight is 381 g/mol. The Hall–Kier alpha value is -1.82. The third-order valence-electron chi connectivity index (χ3n) is 4.64. The first kappa shape index (κ1) is 20.5. The molecule has 0 saturated carbocycles. The molecule has 2 rings (SSSR count). The van der Waals surface area contributed by atoms with Gasteiger partial charge in [0.1, 0.15) is 5.15 Å². The van der Waals surface area contributed by atoms with Gasteiger partial charge in [0.25, 0.3) is 0 Å². The van der Waals surface area contributed by atoms with Crippen LogP contribution in [0.2, 0.25) is 5.15 Å². The molecule has 1 aromatic heterocycles. The highest BCUT2D eigenvalue weighted by Gasteiger charge is 2.27. The second-order valence-electron chi connectivity index (χ2n) is 7.53. The normalized spacial score (nSPS) is 15.9. The Morgan fingerprint density at radius 1 is 1.31 bits per heavy atom. The van der Waals surface area contributed by atoms with E-state index in [-0.39, 0.29) is 17.7 Å². The molecule has 7 heteroatoms. The molecule has 0 N–H and O–H groups in total. The molecule has 0 radical (unpaired) electrons. The first-order chi connectivity index (χ1) is 12.2. The second-order valence-corrected chi connectivity index (χ2v) is 7.89. The summed E-state index contributed by atoms with van der Waals surface area (Å²) in [5, 5.41) is 5.02. The van der Waals surface area contributed by atoms with Crippen molar-refractivity contribution in [2.45, 2.75) is 40.2 Å². The molecule has 1 fully saturated rings. The van der Waals surface area contributed by atoms with E-state index in [1.165, 1.54) is 0 Å². The van der Waals surface area contributed by atoms with E-state index in [0.717, 1.165) is 17.8 Å². The lowest BCUT2D eigenvalue weighted by Gasteiger charge is -2.31. The summed E-state index contributed by atoms with van der Waals surface area (Å²) < 4.78 is 1.78. The number of aryl methyl sites for hydroxylation is 1. The summed E-state index contributed by atoms with van der Waals surface area (Å²) in [5.41, 5.74) is 1.60. The quantitative estimate of drug-likeness (QED) is 0.738. The number of hydrogen-bond donors (Lipinski definition) is 0. The van der Waals surface area contributed by atoms with Crippen LogP contribution in [0.15, 0.2) is 6.08 Å². The van der Waals surface area contributed by atoms with Crippen molar-refractivity contribution < 1.29 is 9.59 Å². The van der Waals surface area contributed by atoms with E-state index in [2.05, 4.69) is 18.9 Å². The number of rotatable bonds is 5. The first-order valence-electron chi connectivity index (χ1n) is 9.11. The molecule has 0 aromatic carbocycles. The van der Waals surface area contributed by atoms with E-state index in [0.29, 0.717) is 37.0 Å². The van der Waals surface area contributed by atoms with Crippen LogP contribution in [0.3, 0.4) is 0 Å². The van der Waals surface area contributed by atoms with Crippen LogP contribution in [0.1, 0.15) is 37.9 Å². The monoisotopic (exact) mass is 380 g/mol. The number of carbonyl (C=O) groups is 2. The summed E-state index contributed by atoms with van der Waals surface area (Å²) in [6.45, 7) is 8.06. The minimum Gasteiger partial charge on any atom is -0.349 e. The third kappa shape index (κ3) is 4.87. The molecule has 1 saturated heterocycles. The topological polar surface area (TPSA) is 58.4 Å². The van der Waals surface area contributed by atoms with E-state index in [4.69, 9.17) is 11.6 Å². The smallest absolute Gasteiger partial charge is 0.246 e. The van der Waals surface area contributed by atoms with Crippen molar-refractivity contribution in [1.82, 2.24) is 19.6 Å². The highest BCUT2D eigenvalue weighted by molar-refractivity contribution is 6.31. The number of amides is 2. The molecule has 6 nitrogen and oxygen atoms in total. The fourth-order valence-electron chi connectivity index (χ4n) is 3.20. The van der Waals surface area contributed by atoms with Gasteiger partial charge in [0.05, 0.1) is 5.69 Å². The van der Waals surface area contributed by atoms with Gasteiger partial charge in [-0.3, -0.25) is 14.3 Å².